The maximum Gasteiger partial charge on any atom is 0.241 e. The zero-order chi connectivity index (χ0) is 18.8. The minimum atomic E-state index is -0.0897. The largest absolute Gasteiger partial charge is 0.347 e. The molecule has 4 atom stereocenters. The summed E-state index contributed by atoms with van der Waals surface area (Å²) in [7, 11) is 0. The Labute approximate surface area is 161 Å². The second-order valence-electron chi connectivity index (χ2n) is 8.67. The molecule has 146 valence electrons. The fraction of sp³-hybridized carbons (Fsp3) is 0.636. The number of hydrogen-bond donors (Lipinski definition) is 2. The number of nitrogens with one attached hydrogen (secondary N) is 1. The Hall–Kier alpha value is -1.88. The van der Waals surface area contributed by atoms with Crippen molar-refractivity contribution in [1.29, 1.82) is 0 Å². The van der Waals surface area contributed by atoms with Gasteiger partial charge in [-0.3, -0.25) is 9.59 Å². The van der Waals surface area contributed by atoms with Crippen LogP contribution in [0.25, 0.3) is 0 Å². The number of rotatable bonds is 5. The van der Waals surface area contributed by atoms with E-state index in [1.165, 1.54) is 5.56 Å². The van der Waals surface area contributed by atoms with Gasteiger partial charge in [0.2, 0.25) is 11.8 Å². The third kappa shape index (κ3) is 4.03. The van der Waals surface area contributed by atoms with Crippen LogP contribution in [0.15, 0.2) is 30.3 Å². The molecule has 1 aromatic carbocycles. The van der Waals surface area contributed by atoms with E-state index in [1.54, 1.807) is 0 Å². The molecule has 0 aromatic heterocycles. The maximum atomic E-state index is 12.5. The molecule has 2 aliphatic carbocycles. The minimum Gasteiger partial charge on any atom is -0.347 e. The summed E-state index contributed by atoms with van der Waals surface area (Å²) in [6, 6.07) is 10.5. The Kier molecular flexibility index (Phi) is 5.48. The Balaban J connectivity index is 1.20. The summed E-state index contributed by atoms with van der Waals surface area (Å²) in [5, 5.41) is 2.88. The first-order chi connectivity index (χ1) is 13.1. The topological polar surface area (TPSA) is 75.4 Å². The number of piperidine rings is 1. The van der Waals surface area contributed by atoms with Gasteiger partial charge in [-0.05, 0) is 61.8 Å². The highest BCUT2D eigenvalue weighted by atomic mass is 16.2. The quantitative estimate of drug-likeness (QED) is 0.833. The van der Waals surface area contributed by atoms with Gasteiger partial charge >= 0.3 is 0 Å². The summed E-state index contributed by atoms with van der Waals surface area (Å²) in [4.78, 5) is 26.9. The van der Waals surface area contributed by atoms with Crippen LogP contribution in [0.3, 0.4) is 0 Å². The molecule has 3 fully saturated rings. The van der Waals surface area contributed by atoms with Gasteiger partial charge in [-0.1, -0.05) is 30.3 Å². The second kappa shape index (κ2) is 8.01. The van der Waals surface area contributed by atoms with Crippen molar-refractivity contribution in [3.05, 3.63) is 35.9 Å². The molecule has 5 nitrogen and oxygen atoms in total. The molecule has 0 spiro atoms. The smallest absolute Gasteiger partial charge is 0.241 e. The number of benzene rings is 1. The summed E-state index contributed by atoms with van der Waals surface area (Å²) >= 11 is 0. The highest BCUT2D eigenvalue weighted by Gasteiger charge is 2.49. The van der Waals surface area contributed by atoms with Gasteiger partial charge in [0.15, 0.2) is 0 Å². The predicted molar refractivity (Wildman–Crippen MR) is 105 cm³/mol. The number of likely N-dealkylation sites (tertiary alicyclic amines) is 1. The van der Waals surface area contributed by atoms with E-state index < -0.39 is 0 Å². The number of hydrogen-bond acceptors (Lipinski definition) is 3. The van der Waals surface area contributed by atoms with Gasteiger partial charge in [-0.25, -0.2) is 0 Å². The molecule has 3 N–H and O–H groups in total. The van der Waals surface area contributed by atoms with Crippen LogP contribution in [0.4, 0.5) is 0 Å². The number of fused-ring (bicyclic) bond motifs is 2. The first kappa shape index (κ1) is 18.5. The molecule has 27 heavy (non-hydrogen) atoms. The first-order valence-electron chi connectivity index (χ1n) is 10.5. The molecular weight excluding hydrogens is 338 g/mol. The SMILES string of the molecule is NC1C2CCC(C2)C1C(=O)NCC(=O)N1CCC(Cc2ccccc2)CC1. The Bertz CT molecular complexity index is 667. The third-order valence-electron chi connectivity index (χ3n) is 7.03. The maximum absolute atomic E-state index is 12.5. The molecule has 0 radical (unpaired) electrons. The summed E-state index contributed by atoms with van der Waals surface area (Å²) in [5.41, 5.74) is 7.61. The standard InChI is InChI=1S/C22H31N3O2/c23-21-18-7-6-17(13-18)20(21)22(27)24-14-19(26)25-10-8-16(9-11-25)12-15-4-2-1-3-5-15/h1-5,16-18,20-21H,6-14,23H2,(H,24,27). The summed E-state index contributed by atoms with van der Waals surface area (Å²) in [6.45, 7) is 1.70. The summed E-state index contributed by atoms with van der Waals surface area (Å²) < 4.78 is 0. The van der Waals surface area contributed by atoms with Crippen LogP contribution in [-0.4, -0.2) is 42.4 Å². The van der Waals surface area contributed by atoms with Crippen LogP contribution in [-0.2, 0) is 16.0 Å². The zero-order valence-corrected chi connectivity index (χ0v) is 16.0. The van der Waals surface area contributed by atoms with Crippen LogP contribution in [0.1, 0.15) is 37.7 Å². The van der Waals surface area contributed by atoms with Crippen molar-refractivity contribution in [3.63, 3.8) is 0 Å². The zero-order valence-electron chi connectivity index (χ0n) is 16.0. The Morgan fingerprint density at radius 3 is 2.41 bits per heavy atom. The van der Waals surface area contributed by atoms with Crippen molar-refractivity contribution < 1.29 is 9.59 Å². The van der Waals surface area contributed by atoms with Crippen molar-refractivity contribution in [1.82, 2.24) is 10.2 Å². The Morgan fingerprint density at radius 1 is 1.04 bits per heavy atom. The second-order valence-corrected chi connectivity index (χ2v) is 8.67. The number of carbonyl (C=O) groups excluding carboxylic acids is 2. The highest BCUT2D eigenvalue weighted by Crippen LogP contribution is 2.47. The van der Waals surface area contributed by atoms with E-state index in [-0.39, 0.29) is 30.3 Å². The predicted octanol–water partition coefficient (Wildman–Crippen LogP) is 1.96. The van der Waals surface area contributed by atoms with Crippen molar-refractivity contribution in [2.45, 2.75) is 44.6 Å². The molecule has 2 amide bonds. The van der Waals surface area contributed by atoms with Crippen LogP contribution in [0.2, 0.25) is 0 Å². The average molecular weight is 370 g/mol. The normalized spacial score (nSPS) is 30.5. The van der Waals surface area contributed by atoms with Crippen LogP contribution in [0, 0.1) is 23.7 Å². The van der Waals surface area contributed by atoms with E-state index in [9.17, 15) is 9.59 Å². The van der Waals surface area contributed by atoms with Gasteiger partial charge in [0, 0.05) is 19.1 Å². The molecular formula is C22H31N3O2. The van der Waals surface area contributed by atoms with Crippen molar-refractivity contribution in [2.75, 3.05) is 19.6 Å². The monoisotopic (exact) mass is 369 g/mol. The molecule has 2 saturated carbocycles. The number of carbonyl (C=O) groups is 2. The van der Waals surface area contributed by atoms with Crippen molar-refractivity contribution in [3.8, 4) is 0 Å². The first-order valence-corrected chi connectivity index (χ1v) is 10.5. The number of nitrogens with two attached hydrogens (primary N) is 1. The summed E-state index contributed by atoms with van der Waals surface area (Å²) in [6.07, 6.45) is 6.51. The van der Waals surface area contributed by atoms with Gasteiger partial charge in [0.05, 0.1) is 12.5 Å². The lowest BCUT2D eigenvalue weighted by Crippen LogP contribution is -2.49. The van der Waals surface area contributed by atoms with Gasteiger partial charge in [0.1, 0.15) is 0 Å². The average Bonchev–Trinajstić information content (AvgIpc) is 3.28. The molecule has 1 aromatic rings. The van der Waals surface area contributed by atoms with Gasteiger partial charge in [-0.2, -0.15) is 0 Å². The highest BCUT2D eigenvalue weighted by molar-refractivity contribution is 5.86. The minimum absolute atomic E-state index is 0.0120. The van der Waals surface area contributed by atoms with Gasteiger partial charge in [0.25, 0.3) is 0 Å². The third-order valence-corrected chi connectivity index (χ3v) is 7.03. The van der Waals surface area contributed by atoms with Gasteiger partial charge < -0.3 is 16.0 Å². The number of nitrogens with zero attached hydrogens (tertiary/aromatic N) is 1. The van der Waals surface area contributed by atoms with Crippen LogP contribution in [0.5, 0.6) is 0 Å². The molecule has 1 saturated heterocycles. The lowest BCUT2D eigenvalue weighted by Gasteiger charge is -2.32. The van der Waals surface area contributed by atoms with E-state index in [0.717, 1.165) is 51.6 Å². The molecule has 4 rings (SSSR count). The molecule has 1 aliphatic heterocycles. The number of amides is 2. The van der Waals surface area contributed by atoms with E-state index in [0.29, 0.717) is 17.8 Å². The lowest BCUT2D eigenvalue weighted by molar-refractivity contribution is -0.135. The molecule has 2 bridgehead atoms. The molecule has 4 unspecified atom stereocenters. The summed E-state index contributed by atoms with van der Waals surface area (Å²) in [5.74, 6) is 1.51. The van der Waals surface area contributed by atoms with Gasteiger partial charge in [-0.15, -0.1) is 0 Å². The van der Waals surface area contributed by atoms with Crippen LogP contribution < -0.4 is 11.1 Å². The van der Waals surface area contributed by atoms with Crippen molar-refractivity contribution in [2.24, 2.45) is 29.4 Å². The Morgan fingerprint density at radius 2 is 1.74 bits per heavy atom. The van der Waals surface area contributed by atoms with E-state index in [2.05, 4.69) is 29.6 Å². The fourth-order valence-electron chi connectivity index (χ4n) is 5.45. The van der Waals surface area contributed by atoms with E-state index in [1.807, 2.05) is 11.0 Å². The molecule has 3 aliphatic rings. The van der Waals surface area contributed by atoms with E-state index >= 15 is 0 Å². The molecule has 5 heteroatoms. The lowest BCUT2D eigenvalue weighted by atomic mass is 9.84. The fourth-order valence-corrected chi connectivity index (χ4v) is 5.45. The molecule has 1 heterocycles. The van der Waals surface area contributed by atoms with Crippen molar-refractivity contribution >= 4 is 11.8 Å². The van der Waals surface area contributed by atoms with Crippen LogP contribution >= 0.6 is 0 Å². The van der Waals surface area contributed by atoms with E-state index in [4.69, 9.17) is 5.73 Å².